The number of carbonyl (C=O) groups is 5. The zero-order valence-electron chi connectivity index (χ0n) is 45.9. The molecule has 5 aromatic rings. The van der Waals surface area contributed by atoms with Crippen LogP contribution in [-0.2, 0) is 38.2 Å². The van der Waals surface area contributed by atoms with Gasteiger partial charge < -0.3 is 70.2 Å². The Labute approximate surface area is 476 Å². The summed E-state index contributed by atoms with van der Waals surface area (Å²) in [7, 11) is 1.60. The normalized spacial score (nSPS) is 16.4. The summed E-state index contributed by atoms with van der Waals surface area (Å²) in [5.41, 5.74) is 2.71. The summed E-state index contributed by atoms with van der Waals surface area (Å²) < 4.78 is 48.3. The number of aryl methyl sites for hydroxylation is 1. The first-order valence-corrected chi connectivity index (χ1v) is 27.7. The topological polar surface area (TPSA) is 282 Å². The molecule has 0 bridgehead atoms. The highest BCUT2D eigenvalue weighted by molar-refractivity contribution is 7.13. The Morgan fingerprint density at radius 3 is 2.23 bits per heavy atom. The van der Waals surface area contributed by atoms with Crippen molar-refractivity contribution < 1.29 is 67.4 Å². The molecule has 0 aliphatic carbocycles. The zero-order valence-corrected chi connectivity index (χ0v) is 47.5. The van der Waals surface area contributed by atoms with E-state index >= 15 is 8.78 Å². The van der Waals surface area contributed by atoms with E-state index in [1.165, 1.54) is 32.9 Å². The van der Waals surface area contributed by atoms with E-state index in [1.54, 1.807) is 49.6 Å². The summed E-state index contributed by atoms with van der Waals surface area (Å²) in [5.74, 6) is -4.98. The molecular formula is C55H69ClF2N10O12S. The van der Waals surface area contributed by atoms with Gasteiger partial charge in [0.2, 0.25) is 35.9 Å². The molecule has 81 heavy (non-hydrogen) atoms. The molecule has 2 aromatic heterocycles. The maximum atomic E-state index is 16.5. The number of benzene rings is 3. The number of rotatable bonds is 24. The van der Waals surface area contributed by atoms with Gasteiger partial charge in [-0.25, -0.2) is 18.7 Å². The number of nitrogens with one attached hydrogen (secondary N) is 3. The van der Waals surface area contributed by atoms with E-state index in [4.69, 9.17) is 25.8 Å². The Hall–Kier alpha value is -6.71. The molecule has 438 valence electrons. The molecule has 3 aromatic carbocycles. The number of hydrogen-bond donors (Lipinski definition) is 7. The van der Waals surface area contributed by atoms with Gasteiger partial charge in [-0.3, -0.25) is 24.0 Å². The van der Waals surface area contributed by atoms with Crippen molar-refractivity contribution in [2.45, 2.75) is 78.0 Å². The standard InChI is InChI=1S/C55H69ClF2N10O12S/c1-31(33-10-12-34(13-11-33)47-32(2)60-30-81-47)61-50(73)39-26-35(69)28-68(39)51(74)48(55(3,4)5)62-41(71)29-80-25-24-79-23-22-78-21-20-65(6)42(72)14-15-59-54-63-46-36(49(64-54)66-16-18-67(19-17-66)52(75)53(76)77)27-37(56)43(45(46)58)44-38(57)8-7-9-40(44)70/h7-13,27,30-31,35,39,48,53,69-70,76-77H,14-26,28-29H2,1-6H3,(H,61,73)(H,62,71)(H,59,63,64)/t31-,35+,39-,48+/m0/s1. The number of phenols is 1. The van der Waals surface area contributed by atoms with E-state index in [0.717, 1.165) is 27.8 Å². The van der Waals surface area contributed by atoms with Gasteiger partial charge in [0.15, 0.2) is 5.82 Å². The fraction of sp³-hybridized carbons (Fsp3) is 0.491. The zero-order chi connectivity index (χ0) is 58.7. The highest BCUT2D eigenvalue weighted by atomic mass is 35.5. The Bertz CT molecular complexity index is 3010. The van der Waals surface area contributed by atoms with Crippen LogP contribution in [0.5, 0.6) is 5.75 Å². The van der Waals surface area contributed by atoms with Crippen LogP contribution >= 0.6 is 22.9 Å². The number of hydrogen-bond acceptors (Lipinski definition) is 18. The van der Waals surface area contributed by atoms with E-state index < -0.39 is 82.0 Å². The molecule has 2 saturated heterocycles. The number of anilines is 2. The molecule has 5 amide bonds. The number of aromatic hydroxyl groups is 1. The lowest BCUT2D eigenvalue weighted by atomic mass is 9.85. The molecular weight excluding hydrogens is 1100 g/mol. The second kappa shape index (κ2) is 27.8. The fourth-order valence-corrected chi connectivity index (χ4v) is 10.5. The van der Waals surface area contributed by atoms with Crippen molar-refractivity contribution in [3.63, 3.8) is 0 Å². The summed E-state index contributed by atoms with van der Waals surface area (Å²) in [5, 5.41) is 48.6. The van der Waals surface area contributed by atoms with Crippen LogP contribution in [0.15, 0.2) is 54.0 Å². The first-order chi connectivity index (χ1) is 38.5. The van der Waals surface area contributed by atoms with Gasteiger partial charge in [0, 0.05) is 76.7 Å². The lowest BCUT2D eigenvalue weighted by Gasteiger charge is -2.36. The first-order valence-electron chi connectivity index (χ1n) is 26.4. The molecule has 2 aliphatic rings. The van der Waals surface area contributed by atoms with Gasteiger partial charge in [-0.1, -0.05) is 62.7 Å². The van der Waals surface area contributed by atoms with Gasteiger partial charge in [-0.05, 0) is 48.6 Å². The minimum Gasteiger partial charge on any atom is -0.507 e. The molecule has 26 heteroatoms. The molecule has 2 fully saturated rings. The molecule has 4 heterocycles. The minimum atomic E-state index is -2.18. The highest BCUT2D eigenvalue weighted by Crippen LogP contribution is 2.43. The predicted octanol–water partition coefficient (Wildman–Crippen LogP) is 4.01. The number of aliphatic hydroxyl groups is 3. The number of amides is 5. The summed E-state index contributed by atoms with van der Waals surface area (Å²) in [6, 6.07) is 10.3. The fourth-order valence-electron chi connectivity index (χ4n) is 9.41. The van der Waals surface area contributed by atoms with Crippen molar-refractivity contribution in [3.8, 4) is 27.3 Å². The summed E-state index contributed by atoms with van der Waals surface area (Å²) in [6.45, 7) is 10.2. The van der Waals surface area contributed by atoms with Crippen LogP contribution < -0.4 is 20.9 Å². The molecule has 0 radical (unpaired) electrons. The maximum absolute atomic E-state index is 16.5. The van der Waals surface area contributed by atoms with Gasteiger partial charge in [-0.15, -0.1) is 11.3 Å². The molecule has 7 rings (SSSR count). The second-order valence-corrected chi connectivity index (χ2v) is 22.0. The van der Waals surface area contributed by atoms with Crippen LogP contribution in [0.2, 0.25) is 5.02 Å². The van der Waals surface area contributed by atoms with Crippen LogP contribution in [0, 0.1) is 24.0 Å². The van der Waals surface area contributed by atoms with Crippen molar-refractivity contribution in [2.24, 2.45) is 5.41 Å². The second-order valence-electron chi connectivity index (χ2n) is 20.8. The molecule has 0 spiro atoms. The minimum absolute atomic E-state index is 0.0188. The number of aromatic nitrogens is 3. The third-order valence-electron chi connectivity index (χ3n) is 13.9. The van der Waals surface area contributed by atoms with Gasteiger partial charge in [0.05, 0.1) is 71.8 Å². The number of fused-ring (bicyclic) bond motifs is 1. The van der Waals surface area contributed by atoms with E-state index in [9.17, 15) is 44.4 Å². The molecule has 7 N–H and O–H groups in total. The number of carbonyl (C=O) groups excluding carboxylic acids is 5. The van der Waals surface area contributed by atoms with Crippen molar-refractivity contribution in [2.75, 3.05) is 103 Å². The average molecular weight is 1170 g/mol. The molecule has 4 atom stereocenters. The predicted molar refractivity (Wildman–Crippen MR) is 298 cm³/mol. The number of aliphatic hydroxyl groups excluding tert-OH is 2. The Balaban J connectivity index is 0.815. The maximum Gasteiger partial charge on any atom is 0.279 e. The lowest BCUT2D eigenvalue weighted by molar-refractivity contribution is -0.159. The third-order valence-corrected chi connectivity index (χ3v) is 15.1. The smallest absolute Gasteiger partial charge is 0.279 e. The van der Waals surface area contributed by atoms with Crippen LogP contribution in [0.4, 0.5) is 20.5 Å². The molecule has 2 aliphatic heterocycles. The Kier molecular flexibility index (Phi) is 21.3. The van der Waals surface area contributed by atoms with E-state index in [-0.39, 0.29) is 138 Å². The monoisotopic (exact) mass is 1170 g/mol. The van der Waals surface area contributed by atoms with Gasteiger partial charge >= 0.3 is 0 Å². The summed E-state index contributed by atoms with van der Waals surface area (Å²) >= 11 is 8.10. The van der Waals surface area contributed by atoms with Crippen LogP contribution in [-0.4, -0.2) is 197 Å². The van der Waals surface area contributed by atoms with E-state index in [0.29, 0.717) is 0 Å². The number of piperazine rings is 1. The van der Waals surface area contributed by atoms with Crippen LogP contribution in [0.1, 0.15) is 57.8 Å². The first kappa shape index (κ1) is 61.9. The summed E-state index contributed by atoms with van der Waals surface area (Å²) in [6.07, 6.45) is -3.09. The number of β-amino-alcohol motifs (C(OH)–C–C–N with tert-alkyl or cyclic N) is 1. The number of nitrogens with zero attached hydrogens (tertiary/aromatic N) is 7. The molecule has 0 unspecified atom stereocenters. The third kappa shape index (κ3) is 15.6. The van der Waals surface area contributed by atoms with E-state index in [1.807, 2.05) is 38.1 Å². The number of likely N-dealkylation sites (N-methyl/N-ethyl adjacent to an activating group) is 1. The van der Waals surface area contributed by atoms with Crippen molar-refractivity contribution in [1.29, 1.82) is 0 Å². The van der Waals surface area contributed by atoms with Crippen LogP contribution in [0.3, 0.4) is 0 Å². The van der Waals surface area contributed by atoms with Gasteiger partial charge in [-0.2, -0.15) is 4.98 Å². The quantitative estimate of drug-likeness (QED) is 0.0340. The SMILES string of the molecule is Cc1ncsc1-c1ccc([C@H](C)NC(=O)[C@@H]2C[C@@H](O)CN2C(=O)[C@@H](NC(=O)COCCOCCOCCN(C)C(=O)CCNc2nc(N3CCN(C(=O)C(O)O)CC3)c3cc(Cl)c(-c4c(O)cccc4F)c(F)c3n2)C(C)(C)C)cc1. The van der Waals surface area contributed by atoms with Gasteiger partial charge in [0.1, 0.15) is 41.6 Å². The number of halogens is 3. The Morgan fingerprint density at radius 2 is 1.59 bits per heavy atom. The highest BCUT2D eigenvalue weighted by Gasteiger charge is 2.45. The average Bonchev–Trinajstić information content (AvgIpc) is 3.74. The summed E-state index contributed by atoms with van der Waals surface area (Å²) in [4.78, 5) is 86.3. The molecule has 22 nitrogen and oxygen atoms in total. The molecule has 0 saturated carbocycles. The van der Waals surface area contributed by atoms with Crippen molar-refractivity contribution >= 4 is 75.1 Å². The largest absolute Gasteiger partial charge is 0.507 e. The van der Waals surface area contributed by atoms with Crippen molar-refractivity contribution in [1.82, 2.24) is 40.3 Å². The number of phenolic OH excluding ortho intramolecular Hbond substituents is 1. The number of ether oxygens (including phenoxy) is 3. The van der Waals surface area contributed by atoms with E-state index in [2.05, 4.69) is 30.9 Å². The van der Waals surface area contributed by atoms with Crippen LogP contribution in [0.25, 0.3) is 32.5 Å². The van der Waals surface area contributed by atoms with Crippen molar-refractivity contribution in [3.05, 3.63) is 82.0 Å². The Morgan fingerprint density at radius 1 is 0.914 bits per heavy atom. The van der Waals surface area contributed by atoms with Gasteiger partial charge in [0.25, 0.3) is 5.91 Å². The number of thiazole rings is 1. The lowest BCUT2D eigenvalue weighted by Crippen LogP contribution is -2.58. The number of likely N-dealkylation sites (tertiary alicyclic amines) is 1.